The number of benzene rings is 1. The number of rotatable bonds is 3. The van der Waals surface area contributed by atoms with Crippen molar-refractivity contribution in [3.8, 4) is 0 Å². The van der Waals surface area contributed by atoms with Gasteiger partial charge < -0.3 is 9.73 Å². The minimum absolute atomic E-state index is 0.272. The van der Waals surface area contributed by atoms with Crippen molar-refractivity contribution < 1.29 is 8.81 Å². The van der Waals surface area contributed by atoms with Crippen LogP contribution in [-0.2, 0) is 0 Å². The highest BCUT2D eigenvalue weighted by Crippen LogP contribution is 2.32. The maximum Gasteiger partial charge on any atom is 0.169 e. The number of hydrogen-bond acceptors (Lipinski definition) is 2. The Hall–Kier alpha value is -0.650. The van der Waals surface area contributed by atoms with Gasteiger partial charge in [0.05, 0.1) is 6.04 Å². The lowest BCUT2D eigenvalue weighted by molar-refractivity contribution is 0.437. The first-order valence-electron chi connectivity index (χ1n) is 5.00. The summed E-state index contributed by atoms with van der Waals surface area (Å²) in [6.07, 6.45) is 0. The topological polar surface area (TPSA) is 25.2 Å². The lowest BCUT2D eigenvalue weighted by Gasteiger charge is -2.16. The molecule has 1 aromatic heterocycles. The van der Waals surface area contributed by atoms with Crippen LogP contribution < -0.4 is 5.32 Å². The molecule has 0 spiro atoms. The van der Waals surface area contributed by atoms with Crippen LogP contribution in [0, 0.1) is 5.82 Å². The van der Waals surface area contributed by atoms with E-state index in [-0.39, 0.29) is 11.9 Å². The Balaban J connectivity index is 2.49. The monoisotopic (exact) mass is 361 g/mol. The molecule has 1 aromatic carbocycles. The molecule has 1 heterocycles. The molecule has 1 atom stereocenters. The first-order chi connectivity index (χ1) is 8.13. The largest absolute Gasteiger partial charge is 0.452 e. The zero-order chi connectivity index (χ0) is 12.4. The third-order valence-electron chi connectivity index (χ3n) is 2.46. The molecule has 1 N–H and O–H groups in total. The second-order valence-corrected chi connectivity index (χ2v) is 5.13. The fraction of sp³-hybridized carbons (Fsp3) is 0.167. The summed E-state index contributed by atoms with van der Waals surface area (Å²) in [6.45, 7) is 0. The van der Waals surface area contributed by atoms with Gasteiger partial charge in [0, 0.05) is 10.0 Å². The quantitative estimate of drug-likeness (QED) is 0.882. The van der Waals surface area contributed by atoms with Gasteiger partial charge in [-0.2, -0.15) is 0 Å². The van der Waals surface area contributed by atoms with Crippen LogP contribution in [0.1, 0.15) is 17.4 Å². The molecule has 2 nitrogen and oxygen atoms in total. The van der Waals surface area contributed by atoms with Gasteiger partial charge in [0.1, 0.15) is 11.6 Å². The third-order valence-corrected chi connectivity index (χ3v) is 3.57. The van der Waals surface area contributed by atoms with E-state index in [4.69, 9.17) is 4.42 Å². The maximum absolute atomic E-state index is 13.9. The third kappa shape index (κ3) is 2.61. The summed E-state index contributed by atoms with van der Waals surface area (Å²) in [5.41, 5.74) is 0.539. The molecule has 2 rings (SSSR count). The summed E-state index contributed by atoms with van der Waals surface area (Å²) in [5.74, 6) is 0.386. The van der Waals surface area contributed by atoms with Crippen LogP contribution in [0.15, 0.2) is 43.9 Å². The number of furan rings is 1. The van der Waals surface area contributed by atoms with Gasteiger partial charge in [-0.1, -0.05) is 22.0 Å². The van der Waals surface area contributed by atoms with Crippen LogP contribution in [0.2, 0.25) is 0 Å². The Morgan fingerprint density at radius 3 is 2.53 bits per heavy atom. The summed E-state index contributed by atoms with van der Waals surface area (Å²) in [6, 6.07) is 8.17. The van der Waals surface area contributed by atoms with E-state index < -0.39 is 0 Å². The molecule has 0 fully saturated rings. The van der Waals surface area contributed by atoms with Gasteiger partial charge in [-0.25, -0.2) is 4.39 Å². The van der Waals surface area contributed by atoms with Crippen molar-refractivity contribution in [2.75, 3.05) is 7.05 Å². The molecule has 5 heteroatoms. The molecule has 90 valence electrons. The van der Waals surface area contributed by atoms with E-state index in [2.05, 4.69) is 37.2 Å². The van der Waals surface area contributed by atoms with E-state index >= 15 is 0 Å². The number of halogens is 3. The van der Waals surface area contributed by atoms with Crippen molar-refractivity contribution in [3.05, 3.63) is 56.6 Å². The zero-order valence-corrected chi connectivity index (χ0v) is 12.2. The summed E-state index contributed by atoms with van der Waals surface area (Å²) < 4.78 is 20.7. The Labute approximate surface area is 115 Å². The van der Waals surface area contributed by atoms with Crippen LogP contribution in [0.4, 0.5) is 4.39 Å². The van der Waals surface area contributed by atoms with E-state index in [1.807, 2.05) is 6.07 Å². The smallest absolute Gasteiger partial charge is 0.169 e. The molecular formula is C12H10Br2FNO. The fourth-order valence-electron chi connectivity index (χ4n) is 1.70. The molecule has 0 radical (unpaired) electrons. The van der Waals surface area contributed by atoms with Gasteiger partial charge in [-0.15, -0.1) is 0 Å². The molecule has 0 saturated carbocycles. The highest BCUT2D eigenvalue weighted by molar-refractivity contribution is 9.10. The van der Waals surface area contributed by atoms with Crippen LogP contribution in [0.3, 0.4) is 0 Å². The highest BCUT2D eigenvalue weighted by Gasteiger charge is 2.21. The average Bonchev–Trinajstić information content (AvgIpc) is 2.70. The molecular weight excluding hydrogens is 353 g/mol. The van der Waals surface area contributed by atoms with Gasteiger partial charge in [0.2, 0.25) is 0 Å². The average molecular weight is 363 g/mol. The van der Waals surface area contributed by atoms with Crippen molar-refractivity contribution >= 4 is 31.9 Å². The molecule has 0 aliphatic rings. The van der Waals surface area contributed by atoms with Crippen LogP contribution in [0.5, 0.6) is 0 Å². The van der Waals surface area contributed by atoms with E-state index in [1.165, 1.54) is 6.07 Å². The molecule has 2 aromatic rings. The first-order valence-corrected chi connectivity index (χ1v) is 6.58. The molecule has 0 amide bonds. The van der Waals surface area contributed by atoms with Gasteiger partial charge >= 0.3 is 0 Å². The lowest BCUT2D eigenvalue weighted by atomic mass is 10.0. The van der Waals surface area contributed by atoms with Crippen molar-refractivity contribution in [3.63, 3.8) is 0 Å². The minimum atomic E-state index is -0.322. The van der Waals surface area contributed by atoms with Crippen molar-refractivity contribution in [2.45, 2.75) is 6.04 Å². The predicted molar refractivity (Wildman–Crippen MR) is 71.4 cm³/mol. The molecule has 0 saturated heterocycles. The van der Waals surface area contributed by atoms with Crippen molar-refractivity contribution in [1.29, 1.82) is 0 Å². The van der Waals surface area contributed by atoms with E-state index in [0.29, 0.717) is 20.5 Å². The zero-order valence-electron chi connectivity index (χ0n) is 9.01. The Morgan fingerprint density at radius 1 is 1.24 bits per heavy atom. The van der Waals surface area contributed by atoms with E-state index in [0.717, 1.165) is 0 Å². The molecule has 0 aliphatic carbocycles. The normalized spacial score (nSPS) is 12.7. The first kappa shape index (κ1) is 12.8. The predicted octanol–water partition coefficient (Wildman–Crippen LogP) is 4.25. The summed E-state index contributed by atoms with van der Waals surface area (Å²) >= 11 is 6.60. The van der Waals surface area contributed by atoms with E-state index in [9.17, 15) is 4.39 Å². The standard InChI is InChI=1S/C12H10Br2FNO/c1-16-12(9-5-6-10(14)17-9)11-7(13)3-2-4-8(11)15/h2-6,12,16H,1H3. The van der Waals surface area contributed by atoms with Gasteiger partial charge in [-0.05, 0) is 47.2 Å². The second-order valence-electron chi connectivity index (χ2n) is 3.50. The van der Waals surface area contributed by atoms with Crippen LogP contribution in [-0.4, -0.2) is 7.05 Å². The van der Waals surface area contributed by atoms with Crippen LogP contribution in [0.25, 0.3) is 0 Å². The SMILES string of the molecule is CNC(c1ccc(Br)o1)c1c(F)cccc1Br. The minimum Gasteiger partial charge on any atom is -0.452 e. The fourth-order valence-corrected chi connectivity index (χ4v) is 2.59. The molecule has 0 bridgehead atoms. The highest BCUT2D eigenvalue weighted by atomic mass is 79.9. The van der Waals surface area contributed by atoms with Gasteiger partial charge in [-0.3, -0.25) is 0 Å². The van der Waals surface area contributed by atoms with Crippen LogP contribution >= 0.6 is 31.9 Å². The Bertz CT molecular complexity index is 507. The molecule has 17 heavy (non-hydrogen) atoms. The number of nitrogens with one attached hydrogen (secondary N) is 1. The van der Waals surface area contributed by atoms with Gasteiger partial charge in [0.15, 0.2) is 4.67 Å². The Morgan fingerprint density at radius 2 is 2.00 bits per heavy atom. The van der Waals surface area contributed by atoms with Gasteiger partial charge in [0.25, 0.3) is 0 Å². The Kier molecular flexibility index (Phi) is 4.01. The maximum atomic E-state index is 13.9. The molecule has 1 unspecified atom stereocenters. The molecule has 0 aliphatic heterocycles. The van der Waals surface area contributed by atoms with Crippen molar-refractivity contribution in [1.82, 2.24) is 5.32 Å². The lowest BCUT2D eigenvalue weighted by Crippen LogP contribution is -2.18. The number of hydrogen-bond donors (Lipinski definition) is 1. The summed E-state index contributed by atoms with van der Waals surface area (Å²) in [5, 5.41) is 3.05. The summed E-state index contributed by atoms with van der Waals surface area (Å²) in [7, 11) is 1.76. The van der Waals surface area contributed by atoms with Crippen molar-refractivity contribution in [2.24, 2.45) is 0 Å². The summed E-state index contributed by atoms with van der Waals surface area (Å²) in [4.78, 5) is 0. The second kappa shape index (κ2) is 5.33. The van der Waals surface area contributed by atoms with E-state index in [1.54, 1.807) is 25.2 Å².